The molecule has 0 amide bonds. The van der Waals surface area contributed by atoms with Crippen LogP contribution in [-0.2, 0) is 13.6 Å². The van der Waals surface area contributed by atoms with Gasteiger partial charge in [-0.2, -0.15) is 0 Å². The summed E-state index contributed by atoms with van der Waals surface area (Å²) in [5.41, 5.74) is 1.38. The van der Waals surface area contributed by atoms with Gasteiger partial charge in [-0.1, -0.05) is 0 Å². The van der Waals surface area contributed by atoms with Crippen LogP contribution in [0.25, 0.3) is 0 Å². The molecule has 1 saturated heterocycles. The van der Waals surface area contributed by atoms with Crippen molar-refractivity contribution in [2.75, 3.05) is 13.1 Å². The summed E-state index contributed by atoms with van der Waals surface area (Å²) in [6.45, 7) is 3.61. The molecule has 2 heterocycles. The number of likely N-dealkylation sites (tertiary alicyclic amines) is 1. The monoisotopic (exact) mass is 233 g/mol. The van der Waals surface area contributed by atoms with Crippen molar-refractivity contribution in [2.24, 2.45) is 7.05 Å². The normalized spacial score (nSPS) is 23.1. The Morgan fingerprint density at radius 2 is 2.00 bits per heavy atom. The van der Waals surface area contributed by atoms with E-state index in [4.69, 9.17) is 0 Å². The molecule has 0 bridgehead atoms. The average molecular weight is 233 g/mol. The molecule has 3 heteroatoms. The van der Waals surface area contributed by atoms with Gasteiger partial charge in [0.2, 0.25) is 0 Å². The number of hydrogen-bond donors (Lipinski definition) is 1. The standard InChI is InChI=1S/C14H23N3/c1-16-8-2-3-14(16)11-15-12-6-9-17(10-7-12)13-4-5-13/h2-3,8,12-13,15H,4-7,9-11H2,1H3. The van der Waals surface area contributed by atoms with Gasteiger partial charge in [0.25, 0.3) is 0 Å². The van der Waals surface area contributed by atoms with Crippen molar-refractivity contribution in [3.05, 3.63) is 24.0 Å². The summed E-state index contributed by atoms with van der Waals surface area (Å²) in [5, 5.41) is 3.70. The smallest absolute Gasteiger partial charge is 0.0361 e. The lowest BCUT2D eigenvalue weighted by Gasteiger charge is -2.32. The molecular formula is C14H23N3. The number of nitrogens with zero attached hydrogens (tertiary/aromatic N) is 2. The Labute approximate surface area is 104 Å². The van der Waals surface area contributed by atoms with Gasteiger partial charge >= 0.3 is 0 Å². The number of nitrogens with one attached hydrogen (secondary N) is 1. The molecule has 1 aliphatic carbocycles. The van der Waals surface area contributed by atoms with E-state index >= 15 is 0 Å². The third kappa shape index (κ3) is 2.72. The zero-order valence-electron chi connectivity index (χ0n) is 10.7. The van der Waals surface area contributed by atoms with Crippen LogP contribution in [0.4, 0.5) is 0 Å². The molecular weight excluding hydrogens is 210 g/mol. The zero-order chi connectivity index (χ0) is 11.7. The van der Waals surface area contributed by atoms with Gasteiger partial charge in [-0.25, -0.2) is 0 Å². The highest BCUT2D eigenvalue weighted by molar-refractivity contribution is 5.06. The van der Waals surface area contributed by atoms with Gasteiger partial charge in [-0.05, 0) is 50.9 Å². The molecule has 3 rings (SSSR count). The SMILES string of the molecule is Cn1cccc1CNC1CCN(C2CC2)CC1. The second-order valence-electron chi connectivity index (χ2n) is 5.53. The Bertz CT molecular complexity index is 359. The van der Waals surface area contributed by atoms with Crippen molar-refractivity contribution in [1.29, 1.82) is 0 Å². The summed E-state index contributed by atoms with van der Waals surface area (Å²) in [6, 6.07) is 5.99. The lowest BCUT2D eigenvalue weighted by molar-refractivity contribution is 0.188. The molecule has 1 N–H and O–H groups in total. The van der Waals surface area contributed by atoms with Crippen molar-refractivity contribution in [1.82, 2.24) is 14.8 Å². The van der Waals surface area contributed by atoms with Crippen LogP contribution in [0.5, 0.6) is 0 Å². The summed E-state index contributed by atoms with van der Waals surface area (Å²) in [4.78, 5) is 2.68. The number of piperidine rings is 1. The van der Waals surface area contributed by atoms with E-state index in [1.54, 1.807) is 0 Å². The molecule has 1 aliphatic heterocycles. The van der Waals surface area contributed by atoms with Crippen LogP contribution in [0.2, 0.25) is 0 Å². The fourth-order valence-electron chi connectivity index (χ4n) is 2.84. The Balaban J connectivity index is 1.43. The molecule has 2 aliphatic rings. The minimum absolute atomic E-state index is 0.722. The number of aryl methyl sites for hydroxylation is 1. The van der Waals surface area contributed by atoms with E-state index < -0.39 is 0 Å². The largest absolute Gasteiger partial charge is 0.353 e. The first-order valence-electron chi connectivity index (χ1n) is 6.90. The molecule has 0 atom stereocenters. The highest BCUT2D eigenvalue weighted by Gasteiger charge is 2.31. The maximum Gasteiger partial charge on any atom is 0.0361 e. The summed E-state index contributed by atoms with van der Waals surface area (Å²) in [7, 11) is 2.12. The van der Waals surface area contributed by atoms with Gasteiger partial charge in [0, 0.05) is 37.6 Å². The Morgan fingerprint density at radius 3 is 2.59 bits per heavy atom. The van der Waals surface area contributed by atoms with E-state index in [2.05, 4.69) is 40.2 Å². The van der Waals surface area contributed by atoms with Crippen molar-refractivity contribution in [3.63, 3.8) is 0 Å². The summed E-state index contributed by atoms with van der Waals surface area (Å²) in [5.74, 6) is 0. The first-order valence-corrected chi connectivity index (χ1v) is 6.90. The van der Waals surface area contributed by atoms with E-state index in [9.17, 15) is 0 Å². The van der Waals surface area contributed by atoms with Gasteiger partial charge in [0.15, 0.2) is 0 Å². The van der Waals surface area contributed by atoms with Crippen molar-refractivity contribution in [3.8, 4) is 0 Å². The first kappa shape index (κ1) is 11.3. The van der Waals surface area contributed by atoms with Crippen LogP contribution in [-0.4, -0.2) is 34.6 Å². The summed E-state index contributed by atoms with van der Waals surface area (Å²) in [6.07, 6.45) is 7.65. The van der Waals surface area contributed by atoms with Gasteiger partial charge in [0.05, 0.1) is 0 Å². The van der Waals surface area contributed by atoms with Crippen LogP contribution >= 0.6 is 0 Å². The molecule has 2 fully saturated rings. The number of rotatable bonds is 4. The Hall–Kier alpha value is -0.800. The molecule has 1 saturated carbocycles. The quantitative estimate of drug-likeness (QED) is 0.855. The van der Waals surface area contributed by atoms with E-state index in [-0.39, 0.29) is 0 Å². The number of aromatic nitrogens is 1. The van der Waals surface area contributed by atoms with Gasteiger partial charge in [-0.15, -0.1) is 0 Å². The van der Waals surface area contributed by atoms with Gasteiger partial charge in [0.1, 0.15) is 0 Å². The molecule has 17 heavy (non-hydrogen) atoms. The highest BCUT2D eigenvalue weighted by atomic mass is 15.2. The fraction of sp³-hybridized carbons (Fsp3) is 0.714. The third-order valence-corrected chi connectivity index (χ3v) is 4.22. The van der Waals surface area contributed by atoms with E-state index in [0.717, 1.165) is 18.6 Å². The molecule has 94 valence electrons. The van der Waals surface area contributed by atoms with E-state index in [1.165, 1.54) is 44.5 Å². The molecule has 1 aromatic heterocycles. The molecule has 0 radical (unpaired) electrons. The molecule has 0 aromatic carbocycles. The Morgan fingerprint density at radius 1 is 1.24 bits per heavy atom. The maximum absolute atomic E-state index is 3.70. The zero-order valence-corrected chi connectivity index (χ0v) is 10.7. The number of hydrogen-bond acceptors (Lipinski definition) is 2. The predicted octanol–water partition coefficient (Wildman–Crippen LogP) is 1.74. The maximum atomic E-state index is 3.70. The second-order valence-corrected chi connectivity index (χ2v) is 5.53. The minimum Gasteiger partial charge on any atom is -0.353 e. The average Bonchev–Trinajstić information content (AvgIpc) is 3.12. The van der Waals surface area contributed by atoms with Crippen molar-refractivity contribution >= 4 is 0 Å². The van der Waals surface area contributed by atoms with Crippen molar-refractivity contribution < 1.29 is 0 Å². The lowest BCUT2D eigenvalue weighted by Crippen LogP contribution is -2.43. The Kier molecular flexibility index (Phi) is 3.21. The van der Waals surface area contributed by atoms with Crippen molar-refractivity contribution in [2.45, 2.75) is 44.3 Å². The minimum atomic E-state index is 0.722. The summed E-state index contributed by atoms with van der Waals surface area (Å²) < 4.78 is 2.20. The predicted molar refractivity (Wildman–Crippen MR) is 69.9 cm³/mol. The van der Waals surface area contributed by atoms with E-state index in [1.807, 2.05) is 0 Å². The van der Waals surface area contributed by atoms with Crippen LogP contribution in [0.1, 0.15) is 31.4 Å². The fourth-order valence-corrected chi connectivity index (χ4v) is 2.84. The van der Waals surface area contributed by atoms with Gasteiger partial charge < -0.3 is 14.8 Å². The van der Waals surface area contributed by atoms with Crippen LogP contribution < -0.4 is 5.32 Å². The first-order chi connectivity index (χ1) is 8.33. The third-order valence-electron chi connectivity index (χ3n) is 4.22. The molecule has 1 aromatic rings. The molecule has 0 unspecified atom stereocenters. The molecule has 3 nitrogen and oxygen atoms in total. The topological polar surface area (TPSA) is 20.2 Å². The summed E-state index contributed by atoms with van der Waals surface area (Å²) >= 11 is 0. The van der Waals surface area contributed by atoms with Crippen LogP contribution in [0, 0.1) is 0 Å². The van der Waals surface area contributed by atoms with E-state index in [0.29, 0.717) is 0 Å². The second kappa shape index (κ2) is 4.83. The van der Waals surface area contributed by atoms with Gasteiger partial charge in [-0.3, -0.25) is 0 Å². The lowest BCUT2D eigenvalue weighted by atomic mass is 10.0. The van der Waals surface area contributed by atoms with Crippen LogP contribution in [0.3, 0.4) is 0 Å². The molecule has 0 spiro atoms. The van der Waals surface area contributed by atoms with Crippen LogP contribution in [0.15, 0.2) is 18.3 Å². The highest BCUT2D eigenvalue weighted by Crippen LogP contribution is 2.29.